The predicted octanol–water partition coefficient (Wildman–Crippen LogP) is 0.988. The van der Waals surface area contributed by atoms with Crippen LogP contribution in [0, 0.1) is 12.7 Å². The molecule has 1 heterocycles. The summed E-state index contributed by atoms with van der Waals surface area (Å²) in [7, 11) is 0. The van der Waals surface area contributed by atoms with Gasteiger partial charge in [0.1, 0.15) is 5.82 Å². The van der Waals surface area contributed by atoms with Crippen LogP contribution in [0.5, 0.6) is 0 Å². The van der Waals surface area contributed by atoms with Crippen LogP contribution < -0.4 is 11.1 Å². The molecule has 5 nitrogen and oxygen atoms in total. The molecule has 1 fully saturated rings. The van der Waals surface area contributed by atoms with Gasteiger partial charge in [0.2, 0.25) is 0 Å². The Morgan fingerprint density at radius 3 is 2.70 bits per heavy atom. The number of carbonyl (C=O) groups is 1. The predicted molar refractivity (Wildman–Crippen MR) is 72.9 cm³/mol. The second-order valence-electron chi connectivity index (χ2n) is 5.18. The van der Waals surface area contributed by atoms with Crippen molar-refractivity contribution < 1.29 is 19.0 Å². The lowest BCUT2D eigenvalue weighted by molar-refractivity contribution is 0.0125. The van der Waals surface area contributed by atoms with Gasteiger partial charge in [0.25, 0.3) is 5.91 Å². The largest absolute Gasteiger partial charge is 0.398 e. The van der Waals surface area contributed by atoms with E-state index in [-0.39, 0.29) is 17.9 Å². The van der Waals surface area contributed by atoms with Crippen molar-refractivity contribution in [3.63, 3.8) is 0 Å². The number of amides is 1. The van der Waals surface area contributed by atoms with E-state index in [0.717, 1.165) is 6.07 Å². The highest BCUT2D eigenvalue weighted by molar-refractivity contribution is 5.95. The summed E-state index contributed by atoms with van der Waals surface area (Å²) in [4.78, 5) is 12.2. The smallest absolute Gasteiger partial charge is 0.251 e. The molecule has 0 radical (unpaired) electrons. The van der Waals surface area contributed by atoms with Crippen LogP contribution in [0.4, 0.5) is 10.1 Å². The number of halogens is 1. The number of nitrogens with one attached hydrogen (secondary N) is 1. The third-order valence-electron chi connectivity index (χ3n) is 3.78. The molecule has 0 spiro atoms. The Morgan fingerprint density at radius 1 is 1.50 bits per heavy atom. The van der Waals surface area contributed by atoms with E-state index >= 15 is 0 Å². The molecule has 2 rings (SSSR count). The van der Waals surface area contributed by atoms with Crippen molar-refractivity contribution in [3.8, 4) is 0 Å². The van der Waals surface area contributed by atoms with E-state index in [4.69, 9.17) is 10.5 Å². The summed E-state index contributed by atoms with van der Waals surface area (Å²) >= 11 is 0. The second-order valence-corrected chi connectivity index (χ2v) is 5.18. The fraction of sp³-hybridized carbons (Fsp3) is 0.500. The minimum absolute atomic E-state index is 0.157. The van der Waals surface area contributed by atoms with Crippen LogP contribution in [-0.4, -0.2) is 36.4 Å². The Balaban J connectivity index is 2.19. The molecule has 0 unspecified atom stereocenters. The SMILES string of the molecule is Cc1c(N)cc(C(=O)NC2(CO)CCOCC2)cc1F. The Morgan fingerprint density at radius 2 is 2.15 bits per heavy atom. The number of hydrogen-bond acceptors (Lipinski definition) is 4. The summed E-state index contributed by atoms with van der Waals surface area (Å²) in [5, 5.41) is 12.3. The van der Waals surface area contributed by atoms with Crippen molar-refractivity contribution in [2.24, 2.45) is 0 Å². The van der Waals surface area contributed by atoms with Gasteiger partial charge in [0, 0.05) is 30.0 Å². The van der Waals surface area contributed by atoms with Crippen molar-refractivity contribution in [1.29, 1.82) is 0 Å². The minimum Gasteiger partial charge on any atom is -0.398 e. The summed E-state index contributed by atoms with van der Waals surface area (Å²) in [6.07, 6.45) is 1.05. The number of nitrogen functional groups attached to an aromatic ring is 1. The van der Waals surface area contributed by atoms with E-state index in [2.05, 4.69) is 5.32 Å². The molecular weight excluding hydrogens is 263 g/mol. The molecule has 110 valence electrons. The van der Waals surface area contributed by atoms with E-state index in [0.29, 0.717) is 31.6 Å². The first-order chi connectivity index (χ1) is 9.47. The van der Waals surface area contributed by atoms with Crippen LogP contribution in [0.25, 0.3) is 0 Å². The quantitative estimate of drug-likeness (QED) is 0.722. The van der Waals surface area contributed by atoms with Gasteiger partial charge in [-0.2, -0.15) is 0 Å². The Hall–Kier alpha value is -1.66. The van der Waals surface area contributed by atoms with Crippen molar-refractivity contribution >= 4 is 11.6 Å². The Kier molecular flexibility index (Phi) is 4.25. The lowest BCUT2D eigenvalue weighted by atomic mass is 9.90. The van der Waals surface area contributed by atoms with Gasteiger partial charge in [-0.1, -0.05) is 0 Å². The Bertz CT molecular complexity index is 490. The number of aliphatic hydroxyl groups is 1. The molecule has 0 aromatic heterocycles. The average molecular weight is 282 g/mol. The molecule has 4 N–H and O–H groups in total. The van der Waals surface area contributed by atoms with Gasteiger partial charge in [0.15, 0.2) is 0 Å². The van der Waals surface area contributed by atoms with Crippen molar-refractivity contribution in [1.82, 2.24) is 5.32 Å². The third-order valence-corrected chi connectivity index (χ3v) is 3.78. The van der Waals surface area contributed by atoms with E-state index < -0.39 is 17.3 Å². The van der Waals surface area contributed by atoms with E-state index in [1.165, 1.54) is 6.07 Å². The van der Waals surface area contributed by atoms with E-state index in [9.17, 15) is 14.3 Å². The van der Waals surface area contributed by atoms with E-state index in [1.807, 2.05) is 0 Å². The first kappa shape index (κ1) is 14.7. The number of anilines is 1. The summed E-state index contributed by atoms with van der Waals surface area (Å²) in [6, 6.07) is 2.60. The first-order valence-corrected chi connectivity index (χ1v) is 6.54. The molecule has 1 aromatic rings. The summed E-state index contributed by atoms with van der Waals surface area (Å²) in [5.74, 6) is -0.952. The number of rotatable bonds is 3. The van der Waals surface area contributed by atoms with Crippen molar-refractivity contribution in [3.05, 3.63) is 29.1 Å². The molecular formula is C14H19FN2O3. The molecule has 1 aliphatic rings. The fourth-order valence-corrected chi connectivity index (χ4v) is 2.23. The number of nitrogens with two attached hydrogens (primary N) is 1. The molecule has 1 aliphatic heterocycles. The number of aliphatic hydroxyl groups excluding tert-OH is 1. The van der Waals surface area contributed by atoms with Crippen molar-refractivity contribution in [2.75, 3.05) is 25.6 Å². The Labute approximate surface area is 116 Å². The normalized spacial score (nSPS) is 17.8. The van der Waals surface area contributed by atoms with Crippen LogP contribution in [0.3, 0.4) is 0 Å². The summed E-state index contributed by atoms with van der Waals surface area (Å²) < 4.78 is 18.9. The molecule has 0 bridgehead atoms. The highest BCUT2D eigenvalue weighted by Crippen LogP contribution is 2.22. The topological polar surface area (TPSA) is 84.6 Å². The van der Waals surface area contributed by atoms with Crippen molar-refractivity contribution in [2.45, 2.75) is 25.3 Å². The summed E-state index contributed by atoms with van der Waals surface area (Å²) in [6.45, 7) is 2.34. The molecule has 0 atom stereocenters. The fourth-order valence-electron chi connectivity index (χ4n) is 2.23. The first-order valence-electron chi connectivity index (χ1n) is 6.54. The van der Waals surface area contributed by atoms with E-state index in [1.54, 1.807) is 6.92 Å². The van der Waals surface area contributed by atoms with Gasteiger partial charge in [-0.3, -0.25) is 4.79 Å². The van der Waals surface area contributed by atoms with Gasteiger partial charge in [-0.15, -0.1) is 0 Å². The second kappa shape index (κ2) is 5.76. The van der Waals surface area contributed by atoms with Gasteiger partial charge in [0.05, 0.1) is 12.1 Å². The molecule has 6 heteroatoms. The van der Waals surface area contributed by atoms with Crippen LogP contribution in [0.2, 0.25) is 0 Å². The number of carbonyl (C=O) groups excluding carboxylic acids is 1. The standard InChI is InChI=1S/C14H19FN2O3/c1-9-11(15)6-10(7-12(9)16)13(19)17-14(8-18)2-4-20-5-3-14/h6-7,18H,2-5,8,16H2,1H3,(H,17,19). The highest BCUT2D eigenvalue weighted by Gasteiger charge is 2.33. The zero-order chi connectivity index (χ0) is 14.8. The van der Waals surface area contributed by atoms with Crippen LogP contribution in [-0.2, 0) is 4.74 Å². The van der Waals surface area contributed by atoms with Crippen LogP contribution in [0.1, 0.15) is 28.8 Å². The average Bonchev–Trinajstić information content (AvgIpc) is 2.45. The molecule has 1 saturated heterocycles. The lowest BCUT2D eigenvalue weighted by Crippen LogP contribution is -2.54. The van der Waals surface area contributed by atoms with Crippen LogP contribution in [0.15, 0.2) is 12.1 Å². The van der Waals surface area contributed by atoms with Gasteiger partial charge in [-0.05, 0) is 31.9 Å². The van der Waals surface area contributed by atoms with Gasteiger partial charge < -0.3 is 20.9 Å². The van der Waals surface area contributed by atoms with Crippen LogP contribution >= 0.6 is 0 Å². The maximum absolute atomic E-state index is 13.6. The molecule has 0 aliphatic carbocycles. The lowest BCUT2D eigenvalue weighted by Gasteiger charge is -2.36. The maximum atomic E-state index is 13.6. The molecule has 20 heavy (non-hydrogen) atoms. The molecule has 0 saturated carbocycles. The van der Waals surface area contributed by atoms with Gasteiger partial charge in [-0.25, -0.2) is 4.39 Å². The third kappa shape index (κ3) is 2.91. The monoisotopic (exact) mass is 282 g/mol. The number of benzene rings is 1. The summed E-state index contributed by atoms with van der Waals surface area (Å²) in [5.41, 5.74) is 5.68. The van der Waals surface area contributed by atoms with Gasteiger partial charge >= 0.3 is 0 Å². The minimum atomic E-state index is -0.703. The zero-order valence-corrected chi connectivity index (χ0v) is 11.4. The number of ether oxygens (including phenoxy) is 1. The molecule has 1 aromatic carbocycles. The maximum Gasteiger partial charge on any atom is 0.251 e. The molecule has 1 amide bonds. The highest BCUT2D eigenvalue weighted by atomic mass is 19.1. The number of hydrogen-bond donors (Lipinski definition) is 3. The zero-order valence-electron chi connectivity index (χ0n) is 11.4.